The second-order valence-corrected chi connectivity index (χ2v) is 4.28. The normalized spacial score (nSPS) is 22.2. The molecular formula is C14H20O3. The Morgan fingerprint density at radius 3 is 2.53 bits per heavy atom. The molecule has 1 aromatic rings. The molecule has 1 aliphatic rings. The third kappa shape index (κ3) is 2.23. The molecule has 17 heavy (non-hydrogen) atoms. The Morgan fingerprint density at radius 1 is 1.24 bits per heavy atom. The van der Waals surface area contributed by atoms with E-state index >= 15 is 0 Å². The molecular weight excluding hydrogens is 216 g/mol. The summed E-state index contributed by atoms with van der Waals surface area (Å²) in [6.07, 6.45) is 0.882. The first-order valence-electron chi connectivity index (χ1n) is 6.27. The number of benzene rings is 1. The Kier molecular flexibility index (Phi) is 3.82. The second kappa shape index (κ2) is 5.17. The summed E-state index contributed by atoms with van der Waals surface area (Å²) >= 11 is 0. The van der Waals surface area contributed by atoms with Crippen molar-refractivity contribution < 1.29 is 14.6 Å². The fourth-order valence-corrected chi connectivity index (χ4v) is 2.54. The number of ether oxygens (including phenoxy) is 2. The maximum absolute atomic E-state index is 10.5. The van der Waals surface area contributed by atoms with Crippen LogP contribution in [0.1, 0.15) is 37.5 Å². The fraction of sp³-hybridized carbons (Fsp3) is 0.571. The molecule has 0 saturated heterocycles. The summed E-state index contributed by atoms with van der Waals surface area (Å²) in [5.41, 5.74) is 2.12. The van der Waals surface area contributed by atoms with E-state index in [2.05, 4.69) is 6.07 Å². The lowest BCUT2D eigenvalue weighted by Crippen LogP contribution is -2.45. The highest BCUT2D eigenvalue weighted by molar-refractivity contribution is 5.33. The molecule has 3 heteroatoms. The molecule has 0 spiro atoms. The van der Waals surface area contributed by atoms with Crippen LogP contribution in [0.25, 0.3) is 0 Å². The van der Waals surface area contributed by atoms with Crippen molar-refractivity contribution in [2.24, 2.45) is 0 Å². The summed E-state index contributed by atoms with van der Waals surface area (Å²) in [7, 11) is 0. The van der Waals surface area contributed by atoms with Gasteiger partial charge < -0.3 is 14.6 Å². The lowest BCUT2D eigenvalue weighted by atomic mass is 9.84. The average molecular weight is 236 g/mol. The summed E-state index contributed by atoms with van der Waals surface area (Å²) in [6.45, 7) is 4.93. The molecule has 1 aliphatic carbocycles. The van der Waals surface area contributed by atoms with Gasteiger partial charge in [-0.3, -0.25) is 0 Å². The highest BCUT2D eigenvalue weighted by Gasteiger charge is 2.44. The van der Waals surface area contributed by atoms with Crippen LogP contribution in [0.5, 0.6) is 0 Å². The highest BCUT2D eigenvalue weighted by Crippen LogP contribution is 2.40. The van der Waals surface area contributed by atoms with Crippen LogP contribution < -0.4 is 0 Å². The van der Waals surface area contributed by atoms with Crippen molar-refractivity contribution in [3.05, 3.63) is 35.4 Å². The molecule has 0 radical (unpaired) electrons. The van der Waals surface area contributed by atoms with Gasteiger partial charge in [-0.15, -0.1) is 0 Å². The van der Waals surface area contributed by atoms with E-state index in [4.69, 9.17) is 9.47 Å². The number of hydrogen-bond donors (Lipinski definition) is 1. The minimum atomic E-state index is -0.863. The van der Waals surface area contributed by atoms with E-state index in [1.54, 1.807) is 0 Å². The van der Waals surface area contributed by atoms with Crippen LogP contribution in [-0.2, 0) is 15.9 Å². The minimum absolute atomic E-state index is 0.541. The van der Waals surface area contributed by atoms with Crippen LogP contribution in [-0.4, -0.2) is 24.1 Å². The standard InChI is InChI=1S/C14H20O3/c1-3-16-14(17-4-2)10-9-11-7-5-6-8-12(11)13(14)15/h5-8,13,15H,3-4,9-10H2,1-2H3. The van der Waals surface area contributed by atoms with Gasteiger partial charge in [-0.2, -0.15) is 0 Å². The SMILES string of the molecule is CCOC1(OCC)CCc2ccccc2C1O. The third-order valence-electron chi connectivity index (χ3n) is 3.29. The smallest absolute Gasteiger partial charge is 0.199 e. The zero-order valence-electron chi connectivity index (χ0n) is 10.5. The van der Waals surface area contributed by atoms with Crippen LogP contribution >= 0.6 is 0 Å². The van der Waals surface area contributed by atoms with Gasteiger partial charge in [0.05, 0.1) is 0 Å². The fourth-order valence-electron chi connectivity index (χ4n) is 2.54. The number of hydrogen-bond acceptors (Lipinski definition) is 3. The van der Waals surface area contributed by atoms with Gasteiger partial charge in [-0.05, 0) is 31.4 Å². The summed E-state index contributed by atoms with van der Waals surface area (Å²) in [6, 6.07) is 7.95. The van der Waals surface area contributed by atoms with E-state index in [-0.39, 0.29) is 0 Å². The number of rotatable bonds is 4. The van der Waals surface area contributed by atoms with E-state index in [1.807, 2.05) is 32.0 Å². The summed E-state index contributed by atoms with van der Waals surface area (Å²) < 4.78 is 11.4. The van der Waals surface area contributed by atoms with Crippen LogP contribution in [0.4, 0.5) is 0 Å². The first-order chi connectivity index (χ1) is 8.23. The molecule has 1 N–H and O–H groups in total. The molecule has 0 amide bonds. The molecule has 94 valence electrons. The van der Waals surface area contributed by atoms with Gasteiger partial charge in [0.1, 0.15) is 6.10 Å². The van der Waals surface area contributed by atoms with Gasteiger partial charge in [0.25, 0.3) is 0 Å². The van der Waals surface area contributed by atoms with Crippen molar-refractivity contribution in [3.8, 4) is 0 Å². The molecule has 0 aliphatic heterocycles. The zero-order valence-corrected chi connectivity index (χ0v) is 10.5. The monoisotopic (exact) mass is 236 g/mol. The summed E-state index contributed by atoms with van der Waals surface area (Å²) in [5, 5.41) is 10.5. The van der Waals surface area contributed by atoms with Crippen LogP contribution in [0.2, 0.25) is 0 Å². The number of fused-ring (bicyclic) bond motifs is 1. The number of aryl methyl sites for hydroxylation is 1. The minimum Gasteiger partial charge on any atom is -0.383 e. The van der Waals surface area contributed by atoms with Crippen molar-refractivity contribution in [2.45, 2.75) is 38.6 Å². The topological polar surface area (TPSA) is 38.7 Å². The first-order valence-corrected chi connectivity index (χ1v) is 6.27. The van der Waals surface area contributed by atoms with Gasteiger partial charge >= 0.3 is 0 Å². The Hall–Kier alpha value is -0.900. The van der Waals surface area contributed by atoms with Crippen LogP contribution in [0.3, 0.4) is 0 Å². The van der Waals surface area contributed by atoms with E-state index < -0.39 is 11.9 Å². The number of aliphatic hydroxyl groups excluding tert-OH is 1. The van der Waals surface area contributed by atoms with E-state index in [0.29, 0.717) is 19.6 Å². The van der Waals surface area contributed by atoms with Crippen molar-refractivity contribution in [1.82, 2.24) is 0 Å². The van der Waals surface area contributed by atoms with Crippen LogP contribution in [0, 0.1) is 0 Å². The Labute approximate surface area is 102 Å². The lowest BCUT2D eigenvalue weighted by Gasteiger charge is -2.41. The van der Waals surface area contributed by atoms with Gasteiger partial charge in [0, 0.05) is 19.6 Å². The predicted molar refractivity (Wildman–Crippen MR) is 65.7 cm³/mol. The summed E-state index contributed by atoms with van der Waals surface area (Å²) in [4.78, 5) is 0. The van der Waals surface area contributed by atoms with Crippen molar-refractivity contribution in [2.75, 3.05) is 13.2 Å². The maximum atomic E-state index is 10.5. The molecule has 1 aromatic carbocycles. The highest BCUT2D eigenvalue weighted by atomic mass is 16.7. The molecule has 0 aromatic heterocycles. The van der Waals surface area contributed by atoms with Crippen molar-refractivity contribution in [3.63, 3.8) is 0 Å². The van der Waals surface area contributed by atoms with E-state index in [1.165, 1.54) is 5.56 Å². The Bertz CT molecular complexity index is 369. The lowest BCUT2D eigenvalue weighted by molar-refractivity contribution is -0.289. The van der Waals surface area contributed by atoms with Gasteiger partial charge in [-0.25, -0.2) is 0 Å². The van der Waals surface area contributed by atoms with Crippen molar-refractivity contribution >= 4 is 0 Å². The molecule has 3 nitrogen and oxygen atoms in total. The third-order valence-corrected chi connectivity index (χ3v) is 3.29. The van der Waals surface area contributed by atoms with Crippen LogP contribution in [0.15, 0.2) is 24.3 Å². The predicted octanol–water partition coefficient (Wildman–Crippen LogP) is 2.44. The van der Waals surface area contributed by atoms with E-state index in [0.717, 1.165) is 12.0 Å². The second-order valence-electron chi connectivity index (χ2n) is 4.28. The molecule has 0 heterocycles. The molecule has 1 atom stereocenters. The maximum Gasteiger partial charge on any atom is 0.199 e. The zero-order chi connectivity index (χ0) is 12.3. The molecule has 0 fully saturated rings. The molecule has 0 saturated carbocycles. The average Bonchev–Trinajstić information content (AvgIpc) is 2.35. The molecule has 0 bridgehead atoms. The largest absolute Gasteiger partial charge is 0.383 e. The van der Waals surface area contributed by atoms with Crippen molar-refractivity contribution in [1.29, 1.82) is 0 Å². The quantitative estimate of drug-likeness (QED) is 0.816. The molecule has 1 unspecified atom stereocenters. The van der Waals surface area contributed by atoms with Gasteiger partial charge in [-0.1, -0.05) is 24.3 Å². The van der Waals surface area contributed by atoms with Gasteiger partial charge in [0.15, 0.2) is 5.79 Å². The Morgan fingerprint density at radius 2 is 1.88 bits per heavy atom. The number of aliphatic hydroxyl groups is 1. The van der Waals surface area contributed by atoms with E-state index in [9.17, 15) is 5.11 Å². The Balaban J connectivity index is 2.33. The first kappa shape index (κ1) is 12.6. The van der Waals surface area contributed by atoms with Gasteiger partial charge in [0.2, 0.25) is 0 Å². The molecule has 2 rings (SSSR count). The summed E-state index contributed by atoms with van der Waals surface area (Å²) in [5.74, 6) is -0.863.